The van der Waals surface area contributed by atoms with Gasteiger partial charge in [-0.2, -0.15) is 9.36 Å². The van der Waals surface area contributed by atoms with Crippen LogP contribution >= 0.6 is 11.5 Å². The van der Waals surface area contributed by atoms with Crippen LogP contribution < -0.4 is 11.1 Å². The van der Waals surface area contributed by atoms with E-state index in [2.05, 4.69) is 19.6 Å². The molecular weight excluding hydrogens is 210 g/mol. The number of nitrogen functional groups attached to an aromatic ring is 1. The van der Waals surface area contributed by atoms with Crippen molar-refractivity contribution in [2.24, 2.45) is 0 Å². The molecule has 0 amide bonds. The minimum Gasteiger partial charge on any atom is -0.367 e. The molecule has 3 heterocycles. The van der Waals surface area contributed by atoms with Crippen molar-refractivity contribution < 1.29 is 0 Å². The summed E-state index contributed by atoms with van der Waals surface area (Å²) >= 11 is 1.35. The molecule has 82 valence electrons. The van der Waals surface area contributed by atoms with Gasteiger partial charge >= 0.3 is 0 Å². The summed E-state index contributed by atoms with van der Waals surface area (Å²) in [6.07, 6.45) is 3.86. The first-order valence-corrected chi connectivity index (χ1v) is 6.20. The summed E-state index contributed by atoms with van der Waals surface area (Å²) in [7, 11) is 0. The molecule has 5 nitrogen and oxygen atoms in total. The van der Waals surface area contributed by atoms with Crippen molar-refractivity contribution in [3.8, 4) is 0 Å². The number of rotatable bonds is 2. The van der Waals surface area contributed by atoms with Gasteiger partial charge in [0.2, 0.25) is 11.1 Å². The highest BCUT2D eigenvalue weighted by molar-refractivity contribution is 7.09. The Kier molecular flexibility index (Phi) is 2.25. The zero-order chi connectivity index (χ0) is 10.3. The van der Waals surface area contributed by atoms with Crippen molar-refractivity contribution in [3.63, 3.8) is 0 Å². The minimum atomic E-state index is 0.378. The molecule has 2 saturated heterocycles. The highest BCUT2D eigenvalue weighted by Crippen LogP contribution is 2.30. The van der Waals surface area contributed by atoms with Crippen molar-refractivity contribution >= 4 is 22.6 Å². The van der Waals surface area contributed by atoms with Crippen LogP contribution in [-0.4, -0.2) is 39.4 Å². The summed E-state index contributed by atoms with van der Waals surface area (Å²) < 4.78 is 3.98. The van der Waals surface area contributed by atoms with Crippen molar-refractivity contribution in [1.29, 1.82) is 0 Å². The largest absolute Gasteiger partial charge is 0.367 e. The number of aromatic nitrogens is 2. The van der Waals surface area contributed by atoms with Gasteiger partial charge in [0, 0.05) is 30.2 Å². The van der Waals surface area contributed by atoms with E-state index in [0.717, 1.165) is 5.13 Å². The summed E-state index contributed by atoms with van der Waals surface area (Å²) in [5.74, 6) is 0.378. The molecule has 2 aliphatic rings. The maximum Gasteiger partial charge on any atom is 0.233 e. The highest BCUT2D eigenvalue weighted by Gasteiger charge is 2.37. The van der Waals surface area contributed by atoms with Crippen LogP contribution in [-0.2, 0) is 0 Å². The number of nitrogens with one attached hydrogen (secondary N) is 1. The van der Waals surface area contributed by atoms with Gasteiger partial charge in [0.1, 0.15) is 0 Å². The van der Waals surface area contributed by atoms with Gasteiger partial charge in [-0.15, -0.1) is 0 Å². The molecule has 3 rings (SSSR count). The molecule has 2 atom stereocenters. The van der Waals surface area contributed by atoms with E-state index in [4.69, 9.17) is 5.73 Å². The normalized spacial score (nSPS) is 30.7. The fraction of sp³-hybridized carbons (Fsp3) is 0.778. The second kappa shape index (κ2) is 3.61. The van der Waals surface area contributed by atoms with Crippen LogP contribution in [0.1, 0.15) is 19.3 Å². The number of hydrogen-bond acceptors (Lipinski definition) is 6. The van der Waals surface area contributed by atoms with Gasteiger partial charge in [-0.3, -0.25) is 4.90 Å². The number of hydrogen-bond donors (Lipinski definition) is 2. The van der Waals surface area contributed by atoms with Crippen molar-refractivity contribution in [3.05, 3.63) is 0 Å². The molecular formula is C9H15N5S. The van der Waals surface area contributed by atoms with E-state index >= 15 is 0 Å². The Labute approximate surface area is 92.8 Å². The van der Waals surface area contributed by atoms with Gasteiger partial charge in [-0.1, -0.05) is 0 Å². The number of fused-ring (bicyclic) bond motifs is 1. The van der Waals surface area contributed by atoms with Crippen LogP contribution in [0.5, 0.6) is 0 Å². The van der Waals surface area contributed by atoms with Crippen LogP contribution in [0.25, 0.3) is 0 Å². The maximum absolute atomic E-state index is 5.50. The lowest BCUT2D eigenvalue weighted by atomic mass is 10.1. The molecule has 2 fully saturated rings. The van der Waals surface area contributed by atoms with E-state index in [0.29, 0.717) is 18.0 Å². The lowest BCUT2D eigenvalue weighted by molar-refractivity contribution is 0.318. The van der Waals surface area contributed by atoms with Crippen LogP contribution in [0.3, 0.4) is 0 Å². The highest BCUT2D eigenvalue weighted by atomic mass is 32.1. The summed E-state index contributed by atoms with van der Waals surface area (Å²) in [5.41, 5.74) is 5.50. The summed E-state index contributed by atoms with van der Waals surface area (Å²) in [4.78, 5) is 6.72. The molecule has 0 radical (unpaired) electrons. The zero-order valence-corrected chi connectivity index (χ0v) is 9.33. The smallest absolute Gasteiger partial charge is 0.233 e. The summed E-state index contributed by atoms with van der Waals surface area (Å²) in [5, 5.41) is 4.32. The van der Waals surface area contributed by atoms with Gasteiger partial charge in [-0.25, -0.2) is 0 Å². The quantitative estimate of drug-likeness (QED) is 0.778. The van der Waals surface area contributed by atoms with E-state index in [-0.39, 0.29) is 0 Å². The average molecular weight is 225 g/mol. The first kappa shape index (κ1) is 9.35. The second-order valence-corrected chi connectivity index (χ2v) is 4.99. The topological polar surface area (TPSA) is 67.1 Å². The van der Waals surface area contributed by atoms with Crippen LogP contribution in [0.4, 0.5) is 11.1 Å². The third-order valence-electron chi connectivity index (χ3n) is 3.36. The lowest BCUT2D eigenvalue weighted by Gasteiger charge is -2.20. The van der Waals surface area contributed by atoms with Gasteiger partial charge in [-0.05, 0) is 25.8 Å². The Morgan fingerprint density at radius 2 is 2.33 bits per heavy atom. The standard InChI is InChI=1S/C9H15N5S/c10-8-12-9(15-13-8)11-6-3-5-14-4-1-2-7(6)14/h6-7H,1-5H2,(H3,10,11,12,13). The molecule has 0 bridgehead atoms. The number of nitrogens with zero attached hydrogens (tertiary/aromatic N) is 3. The van der Waals surface area contributed by atoms with Gasteiger partial charge < -0.3 is 11.1 Å². The Balaban J connectivity index is 1.68. The Morgan fingerprint density at radius 1 is 1.40 bits per heavy atom. The monoisotopic (exact) mass is 225 g/mol. The zero-order valence-electron chi connectivity index (χ0n) is 8.52. The Bertz CT molecular complexity index is 352. The minimum absolute atomic E-state index is 0.378. The molecule has 0 aliphatic carbocycles. The number of anilines is 2. The van der Waals surface area contributed by atoms with Crippen molar-refractivity contribution in [2.45, 2.75) is 31.3 Å². The molecule has 15 heavy (non-hydrogen) atoms. The molecule has 2 unspecified atom stereocenters. The number of nitrogens with two attached hydrogens (primary N) is 1. The fourth-order valence-electron chi connectivity index (χ4n) is 2.70. The molecule has 0 spiro atoms. The van der Waals surface area contributed by atoms with Gasteiger partial charge in [0.25, 0.3) is 0 Å². The Hall–Kier alpha value is -0.880. The van der Waals surface area contributed by atoms with E-state index in [1.807, 2.05) is 0 Å². The molecule has 6 heteroatoms. The molecule has 0 aromatic carbocycles. The molecule has 1 aromatic rings. The summed E-state index contributed by atoms with van der Waals surface area (Å²) in [6.45, 7) is 2.48. The van der Waals surface area contributed by atoms with Crippen LogP contribution in [0.15, 0.2) is 0 Å². The Morgan fingerprint density at radius 3 is 3.13 bits per heavy atom. The van der Waals surface area contributed by atoms with Crippen LogP contribution in [0.2, 0.25) is 0 Å². The first-order chi connectivity index (χ1) is 7.33. The van der Waals surface area contributed by atoms with E-state index in [9.17, 15) is 0 Å². The average Bonchev–Trinajstić information content (AvgIpc) is 2.85. The third-order valence-corrected chi connectivity index (χ3v) is 4.02. The van der Waals surface area contributed by atoms with Crippen molar-refractivity contribution in [2.75, 3.05) is 24.1 Å². The van der Waals surface area contributed by atoms with E-state index in [1.54, 1.807) is 0 Å². The van der Waals surface area contributed by atoms with Crippen molar-refractivity contribution in [1.82, 2.24) is 14.3 Å². The molecule has 2 aliphatic heterocycles. The second-order valence-electron chi connectivity index (χ2n) is 4.24. The first-order valence-electron chi connectivity index (χ1n) is 5.43. The fourth-order valence-corrected chi connectivity index (χ4v) is 3.26. The molecule has 1 aromatic heterocycles. The van der Waals surface area contributed by atoms with E-state index in [1.165, 1.54) is 43.9 Å². The third kappa shape index (κ3) is 1.68. The summed E-state index contributed by atoms with van der Waals surface area (Å²) in [6, 6.07) is 1.25. The predicted molar refractivity (Wildman–Crippen MR) is 60.9 cm³/mol. The van der Waals surface area contributed by atoms with Crippen LogP contribution in [0, 0.1) is 0 Å². The van der Waals surface area contributed by atoms with E-state index < -0.39 is 0 Å². The molecule has 3 N–H and O–H groups in total. The SMILES string of the molecule is Nc1nsc(NC2CCN3CCCC23)n1. The lowest BCUT2D eigenvalue weighted by Crippen LogP contribution is -2.33. The molecule has 0 saturated carbocycles. The van der Waals surface area contributed by atoms with Gasteiger partial charge in [0.15, 0.2) is 0 Å². The van der Waals surface area contributed by atoms with Gasteiger partial charge in [0.05, 0.1) is 0 Å². The predicted octanol–water partition coefficient (Wildman–Crippen LogP) is 0.769. The maximum atomic E-state index is 5.50.